The Hall–Kier alpha value is -1.35. The van der Waals surface area contributed by atoms with Crippen LogP contribution in [0.15, 0.2) is 24.3 Å². The fourth-order valence-electron chi connectivity index (χ4n) is 2.18. The lowest BCUT2D eigenvalue weighted by Crippen LogP contribution is -2.26. The van der Waals surface area contributed by atoms with Crippen LogP contribution in [-0.2, 0) is 13.1 Å². The molecular formula is C14H21N3. The zero-order valence-corrected chi connectivity index (χ0v) is 11.0. The third-order valence-electron chi connectivity index (χ3n) is 3.29. The van der Waals surface area contributed by atoms with Gasteiger partial charge in [-0.3, -0.25) is 4.90 Å². The monoisotopic (exact) mass is 231 g/mol. The minimum Gasteiger partial charge on any atom is -0.314 e. The highest BCUT2D eigenvalue weighted by Crippen LogP contribution is 2.16. The molecule has 2 rings (SSSR count). The maximum absolute atomic E-state index is 4.69. The molecule has 0 aliphatic rings. The highest BCUT2D eigenvalue weighted by atomic mass is 15.3. The molecule has 2 aromatic rings. The van der Waals surface area contributed by atoms with Crippen LogP contribution in [0.4, 0.5) is 0 Å². The molecule has 1 aromatic carbocycles. The van der Waals surface area contributed by atoms with Crippen LogP contribution in [0.2, 0.25) is 0 Å². The molecule has 0 N–H and O–H groups in total. The molecule has 0 fully saturated rings. The number of imidazole rings is 1. The van der Waals surface area contributed by atoms with Crippen LogP contribution in [0.1, 0.15) is 26.6 Å². The molecule has 0 aliphatic carbocycles. The average molecular weight is 231 g/mol. The van der Waals surface area contributed by atoms with Gasteiger partial charge in [-0.15, -0.1) is 0 Å². The molecule has 17 heavy (non-hydrogen) atoms. The van der Waals surface area contributed by atoms with Crippen molar-refractivity contribution in [2.75, 3.05) is 13.1 Å². The molecule has 1 aromatic heterocycles. The minimum absolute atomic E-state index is 0.941. The number of rotatable bonds is 5. The van der Waals surface area contributed by atoms with Gasteiger partial charge < -0.3 is 4.57 Å². The van der Waals surface area contributed by atoms with Crippen molar-refractivity contribution in [3.05, 3.63) is 30.1 Å². The third-order valence-corrected chi connectivity index (χ3v) is 3.29. The van der Waals surface area contributed by atoms with Gasteiger partial charge in [-0.05, 0) is 25.2 Å². The lowest BCUT2D eigenvalue weighted by atomic mass is 10.3. The maximum Gasteiger partial charge on any atom is 0.110 e. The first-order chi connectivity index (χ1) is 8.30. The van der Waals surface area contributed by atoms with Gasteiger partial charge in [-0.2, -0.15) is 0 Å². The molecule has 0 saturated heterocycles. The van der Waals surface area contributed by atoms with E-state index in [0.717, 1.165) is 31.7 Å². The molecule has 0 aliphatic heterocycles. The van der Waals surface area contributed by atoms with Crippen LogP contribution in [0.25, 0.3) is 11.0 Å². The summed E-state index contributed by atoms with van der Waals surface area (Å²) < 4.78 is 2.34. The first-order valence-corrected chi connectivity index (χ1v) is 6.46. The Labute approximate surface area is 103 Å². The van der Waals surface area contributed by atoms with Gasteiger partial charge in [0, 0.05) is 6.42 Å². The van der Waals surface area contributed by atoms with Crippen LogP contribution in [0.5, 0.6) is 0 Å². The standard InChI is InChI=1S/C14H21N3/c1-4-14-15-12-9-7-8-10-13(12)17(14)11-16(5-2)6-3/h7-10H,4-6,11H2,1-3H3. The van der Waals surface area contributed by atoms with Gasteiger partial charge in [0.25, 0.3) is 0 Å². The van der Waals surface area contributed by atoms with E-state index in [1.807, 2.05) is 0 Å². The van der Waals surface area contributed by atoms with Gasteiger partial charge >= 0.3 is 0 Å². The number of benzene rings is 1. The van der Waals surface area contributed by atoms with E-state index in [1.165, 1.54) is 11.3 Å². The summed E-state index contributed by atoms with van der Waals surface area (Å²) >= 11 is 0. The Morgan fingerprint density at radius 2 is 1.82 bits per heavy atom. The topological polar surface area (TPSA) is 21.1 Å². The molecule has 1 heterocycles. The number of aromatic nitrogens is 2. The number of hydrogen-bond donors (Lipinski definition) is 0. The predicted octanol–water partition coefficient (Wildman–Crippen LogP) is 2.90. The van der Waals surface area contributed by atoms with E-state index in [0.29, 0.717) is 0 Å². The first kappa shape index (κ1) is 12.1. The van der Waals surface area contributed by atoms with Gasteiger partial charge in [0.2, 0.25) is 0 Å². The molecule has 3 nitrogen and oxygen atoms in total. The van der Waals surface area contributed by atoms with Crippen LogP contribution < -0.4 is 0 Å². The van der Waals surface area contributed by atoms with Crippen LogP contribution in [-0.4, -0.2) is 27.5 Å². The summed E-state index contributed by atoms with van der Waals surface area (Å²) in [6.45, 7) is 9.66. The van der Waals surface area contributed by atoms with E-state index in [4.69, 9.17) is 0 Å². The fourth-order valence-corrected chi connectivity index (χ4v) is 2.18. The molecule has 0 unspecified atom stereocenters. The lowest BCUT2D eigenvalue weighted by molar-refractivity contribution is 0.242. The van der Waals surface area contributed by atoms with Crippen LogP contribution in [0, 0.1) is 0 Å². The summed E-state index contributed by atoms with van der Waals surface area (Å²) in [5.41, 5.74) is 2.35. The largest absolute Gasteiger partial charge is 0.314 e. The molecule has 0 radical (unpaired) electrons. The van der Waals surface area contributed by atoms with Crippen molar-refractivity contribution in [1.82, 2.24) is 14.5 Å². The molecular weight excluding hydrogens is 210 g/mol. The maximum atomic E-state index is 4.69. The van der Waals surface area contributed by atoms with Gasteiger partial charge in [-0.25, -0.2) is 4.98 Å². The Balaban J connectivity index is 2.42. The second-order valence-corrected chi connectivity index (χ2v) is 4.24. The van der Waals surface area contributed by atoms with Crippen molar-refractivity contribution in [2.45, 2.75) is 33.9 Å². The SMILES string of the molecule is CCc1nc2ccccc2n1CN(CC)CC. The number of nitrogens with zero attached hydrogens (tertiary/aromatic N) is 3. The normalized spacial score (nSPS) is 11.5. The van der Waals surface area contributed by atoms with Crippen molar-refractivity contribution in [3.8, 4) is 0 Å². The summed E-state index contributed by atoms with van der Waals surface area (Å²) in [4.78, 5) is 7.10. The highest BCUT2D eigenvalue weighted by molar-refractivity contribution is 5.75. The van der Waals surface area contributed by atoms with E-state index < -0.39 is 0 Å². The van der Waals surface area contributed by atoms with E-state index in [1.54, 1.807) is 0 Å². The molecule has 3 heteroatoms. The van der Waals surface area contributed by atoms with Crippen LogP contribution >= 0.6 is 0 Å². The van der Waals surface area contributed by atoms with E-state index in [2.05, 4.69) is 59.5 Å². The first-order valence-electron chi connectivity index (χ1n) is 6.46. The smallest absolute Gasteiger partial charge is 0.110 e. The number of hydrogen-bond acceptors (Lipinski definition) is 2. The summed E-state index contributed by atoms with van der Waals surface area (Å²) in [6, 6.07) is 8.39. The summed E-state index contributed by atoms with van der Waals surface area (Å²) in [6.07, 6.45) is 0.982. The van der Waals surface area contributed by atoms with Crippen LogP contribution in [0.3, 0.4) is 0 Å². The Kier molecular flexibility index (Phi) is 3.79. The second-order valence-electron chi connectivity index (χ2n) is 4.24. The number of para-hydroxylation sites is 2. The van der Waals surface area contributed by atoms with Gasteiger partial charge in [-0.1, -0.05) is 32.9 Å². The molecule has 0 spiro atoms. The average Bonchev–Trinajstić information content (AvgIpc) is 2.73. The highest BCUT2D eigenvalue weighted by Gasteiger charge is 2.10. The van der Waals surface area contributed by atoms with Crippen molar-refractivity contribution in [1.29, 1.82) is 0 Å². The third kappa shape index (κ3) is 2.34. The van der Waals surface area contributed by atoms with Gasteiger partial charge in [0.1, 0.15) is 5.82 Å². The molecule has 0 saturated carbocycles. The zero-order valence-electron chi connectivity index (χ0n) is 11.0. The molecule has 0 bridgehead atoms. The summed E-state index contributed by atoms with van der Waals surface area (Å²) in [5.74, 6) is 1.18. The second kappa shape index (κ2) is 5.32. The summed E-state index contributed by atoms with van der Waals surface area (Å²) in [5, 5.41) is 0. The quantitative estimate of drug-likeness (QED) is 0.789. The Morgan fingerprint density at radius 3 is 2.47 bits per heavy atom. The predicted molar refractivity (Wildman–Crippen MR) is 72.0 cm³/mol. The molecule has 0 atom stereocenters. The van der Waals surface area contributed by atoms with Crippen molar-refractivity contribution in [2.24, 2.45) is 0 Å². The van der Waals surface area contributed by atoms with E-state index in [9.17, 15) is 0 Å². The lowest BCUT2D eigenvalue weighted by Gasteiger charge is -2.20. The molecule has 92 valence electrons. The number of aryl methyl sites for hydroxylation is 1. The van der Waals surface area contributed by atoms with Gasteiger partial charge in [0.15, 0.2) is 0 Å². The fraction of sp³-hybridized carbons (Fsp3) is 0.500. The van der Waals surface area contributed by atoms with Crippen molar-refractivity contribution in [3.63, 3.8) is 0 Å². The summed E-state index contributed by atoms with van der Waals surface area (Å²) in [7, 11) is 0. The van der Waals surface area contributed by atoms with E-state index in [-0.39, 0.29) is 0 Å². The van der Waals surface area contributed by atoms with E-state index >= 15 is 0 Å². The van der Waals surface area contributed by atoms with Crippen molar-refractivity contribution < 1.29 is 0 Å². The Bertz CT molecular complexity index is 483. The van der Waals surface area contributed by atoms with Crippen molar-refractivity contribution >= 4 is 11.0 Å². The Morgan fingerprint density at radius 1 is 1.12 bits per heavy atom. The van der Waals surface area contributed by atoms with Gasteiger partial charge in [0.05, 0.1) is 17.7 Å². The minimum atomic E-state index is 0.941. The number of fused-ring (bicyclic) bond motifs is 1. The molecule has 0 amide bonds. The zero-order chi connectivity index (χ0) is 12.3.